The van der Waals surface area contributed by atoms with Gasteiger partial charge in [-0.15, -0.1) is 11.3 Å². The molecular formula is C14H20N2O4S. The zero-order valence-corrected chi connectivity index (χ0v) is 12.9. The van der Waals surface area contributed by atoms with E-state index in [0.29, 0.717) is 11.3 Å². The van der Waals surface area contributed by atoms with Gasteiger partial charge in [-0.25, -0.2) is 4.79 Å². The predicted molar refractivity (Wildman–Crippen MR) is 80.3 cm³/mol. The molecule has 0 fully saturated rings. The Kier molecular flexibility index (Phi) is 6.87. The number of rotatable bonds is 8. The summed E-state index contributed by atoms with van der Waals surface area (Å²) < 4.78 is 0. The van der Waals surface area contributed by atoms with Gasteiger partial charge in [0.15, 0.2) is 0 Å². The van der Waals surface area contributed by atoms with E-state index in [1.54, 1.807) is 17.5 Å². The van der Waals surface area contributed by atoms with Gasteiger partial charge in [0.1, 0.15) is 6.04 Å². The van der Waals surface area contributed by atoms with Crippen LogP contribution in [-0.2, 0) is 9.59 Å². The molecule has 1 heterocycles. The number of carbonyl (C=O) groups excluding carboxylic acids is 2. The van der Waals surface area contributed by atoms with Crippen molar-refractivity contribution in [3.63, 3.8) is 0 Å². The largest absolute Gasteiger partial charge is 0.480 e. The summed E-state index contributed by atoms with van der Waals surface area (Å²) in [6.45, 7) is 3.96. The Morgan fingerprint density at radius 3 is 2.57 bits per heavy atom. The minimum atomic E-state index is -1.04. The molecule has 21 heavy (non-hydrogen) atoms. The van der Waals surface area contributed by atoms with Gasteiger partial charge in [0.25, 0.3) is 5.91 Å². The van der Waals surface area contributed by atoms with Crippen LogP contribution < -0.4 is 10.6 Å². The van der Waals surface area contributed by atoms with Gasteiger partial charge in [-0.2, -0.15) is 0 Å². The lowest BCUT2D eigenvalue weighted by atomic mass is 10.0. The van der Waals surface area contributed by atoms with Crippen LogP contribution in [0.2, 0.25) is 0 Å². The van der Waals surface area contributed by atoms with Crippen molar-refractivity contribution in [2.75, 3.05) is 6.54 Å². The highest BCUT2D eigenvalue weighted by Gasteiger charge is 2.20. The van der Waals surface area contributed by atoms with Crippen LogP contribution in [0, 0.1) is 5.92 Å². The van der Waals surface area contributed by atoms with Crippen LogP contribution in [0.25, 0.3) is 0 Å². The van der Waals surface area contributed by atoms with Gasteiger partial charge < -0.3 is 15.7 Å². The monoisotopic (exact) mass is 312 g/mol. The number of hydrogen-bond donors (Lipinski definition) is 3. The van der Waals surface area contributed by atoms with E-state index < -0.39 is 12.0 Å². The molecule has 0 aliphatic carbocycles. The van der Waals surface area contributed by atoms with Crippen molar-refractivity contribution in [2.45, 2.75) is 32.7 Å². The quantitative estimate of drug-likeness (QED) is 0.677. The number of carboxylic acid groups (broad SMARTS) is 1. The molecule has 0 saturated carbocycles. The van der Waals surface area contributed by atoms with Gasteiger partial charge in [0.2, 0.25) is 5.91 Å². The average Bonchev–Trinajstić information content (AvgIpc) is 2.91. The minimum absolute atomic E-state index is 0.0546. The Morgan fingerprint density at radius 2 is 2.05 bits per heavy atom. The molecule has 1 aromatic heterocycles. The molecule has 1 atom stereocenters. The molecule has 7 heteroatoms. The average molecular weight is 312 g/mol. The van der Waals surface area contributed by atoms with E-state index in [-0.39, 0.29) is 30.7 Å². The van der Waals surface area contributed by atoms with E-state index in [9.17, 15) is 14.4 Å². The lowest BCUT2D eigenvalue weighted by molar-refractivity contribution is -0.142. The van der Waals surface area contributed by atoms with Crippen LogP contribution in [-0.4, -0.2) is 35.5 Å². The van der Waals surface area contributed by atoms with Gasteiger partial charge >= 0.3 is 5.97 Å². The Labute approximate surface area is 127 Å². The van der Waals surface area contributed by atoms with Gasteiger partial charge in [-0.05, 0) is 23.8 Å². The van der Waals surface area contributed by atoms with Crippen LogP contribution in [0.3, 0.4) is 0 Å². The summed E-state index contributed by atoms with van der Waals surface area (Å²) in [7, 11) is 0. The van der Waals surface area contributed by atoms with Gasteiger partial charge in [0, 0.05) is 13.0 Å². The maximum Gasteiger partial charge on any atom is 0.326 e. The summed E-state index contributed by atoms with van der Waals surface area (Å²) in [5.74, 6) is -1.48. The fraction of sp³-hybridized carbons (Fsp3) is 0.500. The Balaban J connectivity index is 2.32. The normalized spacial score (nSPS) is 12.0. The molecule has 0 radical (unpaired) electrons. The highest BCUT2D eigenvalue weighted by atomic mass is 32.1. The minimum Gasteiger partial charge on any atom is -0.480 e. The molecule has 116 valence electrons. The SMILES string of the molecule is CC(C)C[C@@H](NC(=O)CCNC(=O)c1cccs1)C(=O)O. The van der Waals surface area contributed by atoms with Crippen LogP contribution in [0.1, 0.15) is 36.4 Å². The second-order valence-electron chi connectivity index (χ2n) is 5.07. The van der Waals surface area contributed by atoms with E-state index in [4.69, 9.17) is 5.11 Å². The maximum atomic E-state index is 11.7. The highest BCUT2D eigenvalue weighted by molar-refractivity contribution is 7.12. The molecule has 0 saturated heterocycles. The third kappa shape index (κ3) is 6.40. The van der Waals surface area contributed by atoms with Crippen LogP contribution >= 0.6 is 11.3 Å². The maximum absolute atomic E-state index is 11.7. The molecule has 0 unspecified atom stereocenters. The summed E-state index contributed by atoms with van der Waals surface area (Å²) in [5, 5.41) is 15.9. The molecule has 0 spiro atoms. The van der Waals surface area contributed by atoms with Crippen LogP contribution in [0.5, 0.6) is 0 Å². The number of hydrogen-bond acceptors (Lipinski definition) is 4. The molecule has 0 bridgehead atoms. The summed E-state index contributed by atoms with van der Waals surface area (Å²) in [6, 6.07) is 2.59. The summed E-state index contributed by atoms with van der Waals surface area (Å²) >= 11 is 1.32. The molecule has 0 aliphatic rings. The number of amides is 2. The van der Waals surface area contributed by atoms with Crippen molar-refractivity contribution < 1.29 is 19.5 Å². The Morgan fingerprint density at radius 1 is 1.33 bits per heavy atom. The first kappa shape index (κ1) is 17.2. The van der Waals surface area contributed by atoms with E-state index in [0.717, 1.165) is 0 Å². The van der Waals surface area contributed by atoms with E-state index in [1.165, 1.54) is 11.3 Å². The molecule has 6 nitrogen and oxygen atoms in total. The topological polar surface area (TPSA) is 95.5 Å². The van der Waals surface area contributed by atoms with Gasteiger partial charge in [-0.3, -0.25) is 9.59 Å². The lowest BCUT2D eigenvalue weighted by Gasteiger charge is -2.16. The zero-order valence-electron chi connectivity index (χ0n) is 12.1. The van der Waals surface area contributed by atoms with E-state index in [2.05, 4.69) is 10.6 Å². The second kappa shape index (κ2) is 8.41. The van der Waals surface area contributed by atoms with Gasteiger partial charge in [-0.1, -0.05) is 19.9 Å². The standard InChI is InChI=1S/C14H20N2O4S/c1-9(2)8-10(14(19)20)16-12(17)5-6-15-13(18)11-4-3-7-21-11/h3-4,7,9-10H,5-6,8H2,1-2H3,(H,15,18)(H,16,17)(H,19,20)/t10-/m1/s1. The molecule has 0 aliphatic heterocycles. The smallest absolute Gasteiger partial charge is 0.326 e. The Bertz CT molecular complexity index is 485. The number of carboxylic acids is 1. The number of thiophene rings is 1. The second-order valence-corrected chi connectivity index (χ2v) is 6.02. The molecule has 3 N–H and O–H groups in total. The Hall–Kier alpha value is -1.89. The first-order valence-corrected chi connectivity index (χ1v) is 7.62. The fourth-order valence-corrected chi connectivity index (χ4v) is 2.38. The third-order valence-electron chi connectivity index (χ3n) is 2.72. The molecule has 2 amide bonds. The molecule has 1 rings (SSSR count). The van der Waals surface area contributed by atoms with Crippen molar-refractivity contribution in [3.8, 4) is 0 Å². The van der Waals surface area contributed by atoms with E-state index >= 15 is 0 Å². The predicted octanol–water partition coefficient (Wildman–Crippen LogP) is 1.48. The number of carbonyl (C=O) groups is 3. The molecule has 1 aromatic rings. The summed E-state index contributed by atoms with van der Waals surface area (Å²) in [6.07, 6.45) is 0.432. The van der Waals surface area contributed by atoms with Crippen molar-refractivity contribution in [2.24, 2.45) is 5.92 Å². The summed E-state index contributed by atoms with van der Waals surface area (Å²) in [4.78, 5) is 34.9. The first-order valence-electron chi connectivity index (χ1n) is 6.74. The van der Waals surface area contributed by atoms with Crippen molar-refractivity contribution in [3.05, 3.63) is 22.4 Å². The van der Waals surface area contributed by atoms with E-state index in [1.807, 2.05) is 13.8 Å². The van der Waals surface area contributed by atoms with Crippen molar-refractivity contribution in [1.82, 2.24) is 10.6 Å². The molecular weight excluding hydrogens is 292 g/mol. The lowest BCUT2D eigenvalue weighted by Crippen LogP contribution is -2.42. The first-order chi connectivity index (χ1) is 9.90. The van der Waals surface area contributed by atoms with Gasteiger partial charge in [0.05, 0.1) is 4.88 Å². The fourth-order valence-electron chi connectivity index (χ4n) is 1.74. The summed E-state index contributed by atoms with van der Waals surface area (Å²) in [5.41, 5.74) is 0. The zero-order chi connectivity index (χ0) is 15.8. The number of aliphatic carboxylic acids is 1. The highest BCUT2D eigenvalue weighted by Crippen LogP contribution is 2.07. The van der Waals surface area contributed by atoms with Crippen LogP contribution in [0.4, 0.5) is 0 Å². The molecule has 0 aromatic carbocycles. The van der Waals surface area contributed by atoms with Crippen molar-refractivity contribution >= 4 is 29.1 Å². The third-order valence-corrected chi connectivity index (χ3v) is 3.59. The number of nitrogens with one attached hydrogen (secondary N) is 2. The van der Waals surface area contributed by atoms with Crippen LogP contribution in [0.15, 0.2) is 17.5 Å². The van der Waals surface area contributed by atoms with Crippen molar-refractivity contribution in [1.29, 1.82) is 0 Å².